The zero-order chi connectivity index (χ0) is 27.5. The fourth-order valence-electron chi connectivity index (χ4n) is 3.78. The van der Waals surface area contributed by atoms with Crippen LogP contribution in [0.5, 0.6) is 0 Å². The summed E-state index contributed by atoms with van der Waals surface area (Å²) in [7, 11) is -7.61. The van der Waals surface area contributed by atoms with Crippen LogP contribution in [-0.2, 0) is 26.6 Å². The molecule has 3 aromatic rings. The number of hydrogen-bond donors (Lipinski definition) is 1. The molecule has 1 aromatic heterocycles. The van der Waals surface area contributed by atoms with Crippen molar-refractivity contribution in [2.75, 3.05) is 13.1 Å². The van der Waals surface area contributed by atoms with E-state index in [-0.39, 0.29) is 27.2 Å². The van der Waals surface area contributed by atoms with Crippen molar-refractivity contribution in [2.45, 2.75) is 44.0 Å². The number of sulfonamides is 2. The fraction of sp³-hybridized carbons (Fsp3) is 0.360. The summed E-state index contributed by atoms with van der Waals surface area (Å²) >= 11 is 1.14. The molecule has 3 rings (SSSR count). The molecule has 0 radical (unpaired) electrons. The maximum atomic E-state index is 13.2. The number of rotatable bonds is 10. The van der Waals surface area contributed by atoms with Crippen LogP contribution >= 0.6 is 11.3 Å². The summed E-state index contributed by atoms with van der Waals surface area (Å²) in [4.78, 5) is 17.7. The van der Waals surface area contributed by atoms with Crippen LogP contribution < -0.4 is 9.94 Å². The largest absolute Gasteiger partial charge is 0.312 e. The standard InChI is InChI=1S/C25H32N4O5S3/c1-6-13-29-22-12-11-21(36(26,31)32)14-23(22)35-25(29)27-24(30)19-7-9-20(10-8-19)37(33,34)28(15-17(2)3)16-18(4)5/h6-12,14,17-18H,1,13,15-16H2,2-5H3,(H2,26,31,32). The summed E-state index contributed by atoms with van der Waals surface area (Å²) in [6.45, 7) is 12.8. The Hall–Kier alpha value is -2.64. The van der Waals surface area contributed by atoms with Crippen LogP contribution in [0, 0.1) is 11.8 Å². The molecule has 0 unspecified atom stereocenters. The number of primary sulfonamides is 1. The lowest BCUT2D eigenvalue weighted by Gasteiger charge is -2.25. The minimum absolute atomic E-state index is 0.0364. The Morgan fingerprint density at radius 3 is 2.11 bits per heavy atom. The molecular weight excluding hydrogens is 532 g/mol. The second-order valence-electron chi connectivity index (χ2n) is 9.51. The molecule has 0 aliphatic heterocycles. The van der Waals surface area contributed by atoms with Crippen LogP contribution in [0.1, 0.15) is 38.1 Å². The van der Waals surface area contributed by atoms with Gasteiger partial charge in [-0.15, -0.1) is 6.58 Å². The first kappa shape index (κ1) is 28.9. The van der Waals surface area contributed by atoms with Crippen molar-refractivity contribution >= 4 is 47.5 Å². The molecule has 2 aromatic carbocycles. The SMILES string of the molecule is C=CCn1c(=NC(=O)c2ccc(S(=O)(=O)N(CC(C)C)CC(C)C)cc2)sc2cc(S(N)(=O)=O)ccc21. The molecule has 0 aliphatic rings. The number of benzene rings is 2. The van der Waals surface area contributed by atoms with E-state index < -0.39 is 26.0 Å². The molecule has 0 atom stereocenters. The van der Waals surface area contributed by atoms with Crippen molar-refractivity contribution in [3.05, 3.63) is 65.5 Å². The Balaban J connectivity index is 1.99. The first-order valence-electron chi connectivity index (χ1n) is 11.7. The van der Waals surface area contributed by atoms with Crippen molar-refractivity contribution in [3.63, 3.8) is 0 Å². The lowest BCUT2D eigenvalue weighted by molar-refractivity contribution is 0.0997. The normalized spacial score (nSPS) is 13.2. The second kappa shape index (κ2) is 11.4. The molecule has 0 saturated carbocycles. The fourth-order valence-corrected chi connectivity index (χ4v) is 7.24. The molecule has 0 spiro atoms. The van der Waals surface area contributed by atoms with E-state index in [1.807, 2.05) is 27.7 Å². The molecule has 12 heteroatoms. The highest BCUT2D eigenvalue weighted by Crippen LogP contribution is 2.22. The third-order valence-electron chi connectivity index (χ3n) is 5.37. The van der Waals surface area contributed by atoms with E-state index in [1.54, 1.807) is 16.7 Å². The van der Waals surface area contributed by atoms with Gasteiger partial charge in [0.2, 0.25) is 20.0 Å². The predicted molar refractivity (Wildman–Crippen MR) is 146 cm³/mol. The average Bonchev–Trinajstić information content (AvgIpc) is 3.14. The number of allylic oxidation sites excluding steroid dienone is 1. The summed E-state index contributed by atoms with van der Waals surface area (Å²) in [6, 6.07) is 10.2. The molecule has 200 valence electrons. The Morgan fingerprint density at radius 1 is 1.03 bits per heavy atom. The van der Waals surface area contributed by atoms with Gasteiger partial charge in [-0.25, -0.2) is 22.0 Å². The zero-order valence-corrected chi connectivity index (χ0v) is 23.7. The number of carbonyl (C=O) groups excluding carboxylic acids is 1. The van der Waals surface area contributed by atoms with Crippen LogP contribution in [0.3, 0.4) is 0 Å². The number of amides is 1. The zero-order valence-electron chi connectivity index (χ0n) is 21.3. The van der Waals surface area contributed by atoms with Crippen LogP contribution in [0.2, 0.25) is 0 Å². The van der Waals surface area contributed by atoms with E-state index in [1.165, 1.54) is 40.7 Å². The van der Waals surface area contributed by atoms with Crippen LogP contribution in [0.15, 0.2) is 69.9 Å². The Kier molecular flexibility index (Phi) is 8.91. The third kappa shape index (κ3) is 6.82. The van der Waals surface area contributed by atoms with Gasteiger partial charge in [0, 0.05) is 25.2 Å². The maximum absolute atomic E-state index is 13.2. The maximum Gasteiger partial charge on any atom is 0.279 e. The Morgan fingerprint density at radius 2 is 1.59 bits per heavy atom. The molecule has 0 aliphatic carbocycles. The number of thiazole rings is 1. The molecule has 1 amide bonds. The highest BCUT2D eigenvalue weighted by molar-refractivity contribution is 7.89. The van der Waals surface area contributed by atoms with E-state index in [4.69, 9.17) is 5.14 Å². The first-order valence-corrected chi connectivity index (χ1v) is 15.5. The van der Waals surface area contributed by atoms with Crippen molar-refractivity contribution in [1.29, 1.82) is 0 Å². The van der Waals surface area contributed by atoms with Crippen LogP contribution in [-0.4, -0.2) is 44.7 Å². The van der Waals surface area contributed by atoms with Gasteiger partial charge in [-0.1, -0.05) is 45.1 Å². The van der Waals surface area contributed by atoms with E-state index in [0.29, 0.717) is 34.7 Å². The van der Waals surface area contributed by atoms with Gasteiger partial charge in [-0.3, -0.25) is 4.79 Å². The summed E-state index contributed by atoms with van der Waals surface area (Å²) in [5.74, 6) is -0.225. The van der Waals surface area contributed by atoms with Gasteiger partial charge in [-0.2, -0.15) is 9.30 Å². The van der Waals surface area contributed by atoms with Crippen molar-refractivity contribution in [1.82, 2.24) is 8.87 Å². The Bertz CT molecular complexity index is 1570. The monoisotopic (exact) mass is 564 g/mol. The topological polar surface area (TPSA) is 132 Å². The van der Waals surface area contributed by atoms with E-state index >= 15 is 0 Å². The number of fused-ring (bicyclic) bond motifs is 1. The highest BCUT2D eigenvalue weighted by Gasteiger charge is 2.26. The van der Waals surface area contributed by atoms with E-state index in [0.717, 1.165) is 11.3 Å². The summed E-state index contributed by atoms with van der Waals surface area (Å²) < 4.78 is 53.8. The molecule has 37 heavy (non-hydrogen) atoms. The summed E-state index contributed by atoms with van der Waals surface area (Å²) in [6.07, 6.45) is 1.64. The van der Waals surface area contributed by atoms with Crippen LogP contribution in [0.25, 0.3) is 10.2 Å². The summed E-state index contributed by atoms with van der Waals surface area (Å²) in [5, 5.41) is 5.25. The molecule has 0 fully saturated rings. The predicted octanol–water partition coefficient (Wildman–Crippen LogP) is 3.58. The average molecular weight is 565 g/mol. The summed E-state index contributed by atoms with van der Waals surface area (Å²) in [5.41, 5.74) is 0.909. The number of carbonyl (C=O) groups is 1. The van der Waals surface area contributed by atoms with Crippen LogP contribution in [0.4, 0.5) is 0 Å². The quantitative estimate of drug-likeness (QED) is 0.376. The van der Waals surface area contributed by atoms with Crippen molar-refractivity contribution in [2.24, 2.45) is 22.0 Å². The first-order chi connectivity index (χ1) is 17.2. The number of nitrogens with two attached hydrogens (primary N) is 1. The van der Waals surface area contributed by atoms with Gasteiger partial charge < -0.3 is 4.57 Å². The highest BCUT2D eigenvalue weighted by atomic mass is 32.2. The smallest absolute Gasteiger partial charge is 0.279 e. The van der Waals surface area contributed by atoms with Gasteiger partial charge in [0.15, 0.2) is 4.80 Å². The van der Waals surface area contributed by atoms with Gasteiger partial charge in [-0.05, 0) is 54.3 Å². The Labute approximate surface area is 222 Å². The molecular formula is C25H32N4O5S3. The second-order valence-corrected chi connectivity index (χ2v) is 14.0. The number of hydrogen-bond acceptors (Lipinski definition) is 6. The third-order valence-corrected chi connectivity index (χ3v) is 9.17. The minimum Gasteiger partial charge on any atom is -0.312 e. The molecule has 2 N–H and O–H groups in total. The minimum atomic E-state index is -3.89. The lowest BCUT2D eigenvalue weighted by Crippen LogP contribution is -2.37. The molecule has 1 heterocycles. The van der Waals surface area contributed by atoms with Gasteiger partial charge in [0.1, 0.15) is 0 Å². The van der Waals surface area contributed by atoms with Crippen molar-refractivity contribution < 1.29 is 21.6 Å². The van der Waals surface area contributed by atoms with Gasteiger partial charge >= 0.3 is 0 Å². The van der Waals surface area contributed by atoms with E-state index in [2.05, 4.69) is 11.6 Å². The van der Waals surface area contributed by atoms with E-state index in [9.17, 15) is 21.6 Å². The van der Waals surface area contributed by atoms with Gasteiger partial charge in [0.05, 0.1) is 20.0 Å². The van der Waals surface area contributed by atoms with Crippen molar-refractivity contribution in [3.8, 4) is 0 Å². The molecule has 0 saturated heterocycles. The molecule has 9 nitrogen and oxygen atoms in total. The number of nitrogens with zero attached hydrogens (tertiary/aromatic N) is 3. The molecule has 0 bridgehead atoms. The lowest BCUT2D eigenvalue weighted by atomic mass is 10.2. The van der Waals surface area contributed by atoms with Gasteiger partial charge in [0.25, 0.3) is 5.91 Å². The number of aromatic nitrogens is 1.